The summed E-state index contributed by atoms with van der Waals surface area (Å²) in [6, 6.07) is 0. The molecule has 0 aliphatic heterocycles. The van der Waals surface area contributed by atoms with Gasteiger partial charge in [-0.25, -0.2) is 0 Å². The highest BCUT2D eigenvalue weighted by Crippen LogP contribution is 2.37. The van der Waals surface area contributed by atoms with Gasteiger partial charge in [0.15, 0.2) is 0 Å². The zero-order chi connectivity index (χ0) is 14.7. The maximum Gasteiger partial charge on any atom is 0.305 e. The zero-order valence-electron chi connectivity index (χ0n) is 12.4. The predicted molar refractivity (Wildman–Crippen MR) is 71.9 cm³/mol. The standard InChI is InChI=1S/C14H25NO4/c1-13(2,19-4)12(18)15(3)14(10-11(16)17)8-6-5-7-9-14/h5-10H2,1-4H3,(H,16,17). The molecule has 0 saturated heterocycles. The lowest BCUT2D eigenvalue weighted by molar-refractivity contribution is -0.159. The molecule has 5 nitrogen and oxygen atoms in total. The van der Waals surface area contributed by atoms with E-state index >= 15 is 0 Å². The second-order valence-corrected chi connectivity index (χ2v) is 5.93. The van der Waals surface area contributed by atoms with Gasteiger partial charge in [0.1, 0.15) is 5.60 Å². The molecule has 0 unspecified atom stereocenters. The maximum atomic E-state index is 12.5. The first kappa shape index (κ1) is 16.0. The van der Waals surface area contributed by atoms with Crippen LogP contribution in [0.15, 0.2) is 0 Å². The fourth-order valence-corrected chi connectivity index (χ4v) is 2.83. The van der Waals surface area contributed by atoms with Crippen molar-refractivity contribution < 1.29 is 19.4 Å². The number of ether oxygens (including phenoxy) is 1. The van der Waals surface area contributed by atoms with Gasteiger partial charge in [-0.15, -0.1) is 0 Å². The first-order valence-corrected chi connectivity index (χ1v) is 6.80. The number of hydrogen-bond acceptors (Lipinski definition) is 3. The molecule has 1 amide bonds. The molecule has 1 saturated carbocycles. The molecule has 110 valence electrons. The third-order valence-corrected chi connectivity index (χ3v) is 4.31. The number of aliphatic carboxylic acids is 1. The molecule has 1 N–H and O–H groups in total. The van der Waals surface area contributed by atoms with Crippen molar-refractivity contribution in [3.05, 3.63) is 0 Å². The van der Waals surface area contributed by atoms with Gasteiger partial charge in [0, 0.05) is 14.2 Å². The first-order chi connectivity index (χ1) is 8.75. The minimum Gasteiger partial charge on any atom is -0.481 e. The van der Waals surface area contributed by atoms with Crippen LogP contribution in [0.3, 0.4) is 0 Å². The van der Waals surface area contributed by atoms with Crippen molar-refractivity contribution in [3.63, 3.8) is 0 Å². The molecular weight excluding hydrogens is 246 g/mol. The highest BCUT2D eigenvalue weighted by molar-refractivity contribution is 5.85. The topological polar surface area (TPSA) is 66.8 Å². The largest absolute Gasteiger partial charge is 0.481 e. The van der Waals surface area contributed by atoms with Crippen LogP contribution in [-0.2, 0) is 14.3 Å². The number of carbonyl (C=O) groups excluding carboxylic acids is 1. The third kappa shape index (κ3) is 3.47. The zero-order valence-corrected chi connectivity index (χ0v) is 12.4. The second-order valence-electron chi connectivity index (χ2n) is 5.93. The van der Waals surface area contributed by atoms with Crippen molar-refractivity contribution in [2.75, 3.05) is 14.2 Å². The average Bonchev–Trinajstić information content (AvgIpc) is 2.37. The average molecular weight is 271 g/mol. The summed E-state index contributed by atoms with van der Waals surface area (Å²) in [5, 5.41) is 9.15. The molecule has 1 aliphatic rings. The first-order valence-electron chi connectivity index (χ1n) is 6.80. The Bertz CT molecular complexity index is 345. The molecule has 19 heavy (non-hydrogen) atoms. The van der Waals surface area contributed by atoms with Crippen LogP contribution >= 0.6 is 0 Å². The van der Waals surface area contributed by atoms with Gasteiger partial charge in [-0.3, -0.25) is 9.59 Å². The lowest BCUT2D eigenvalue weighted by Crippen LogP contribution is -2.57. The van der Waals surface area contributed by atoms with E-state index < -0.39 is 17.1 Å². The highest BCUT2D eigenvalue weighted by atomic mass is 16.5. The molecular formula is C14H25NO4. The molecule has 0 heterocycles. The van der Waals surface area contributed by atoms with Crippen molar-refractivity contribution in [3.8, 4) is 0 Å². The summed E-state index contributed by atoms with van der Waals surface area (Å²) in [5.41, 5.74) is -1.48. The molecule has 0 aromatic rings. The Hall–Kier alpha value is -1.10. The van der Waals surface area contributed by atoms with Crippen LogP contribution in [0, 0.1) is 0 Å². The van der Waals surface area contributed by atoms with E-state index in [4.69, 9.17) is 9.84 Å². The Morgan fingerprint density at radius 3 is 2.21 bits per heavy atom. The molecule has 0 aromatic heterocycles. The van der Waals surface area contributed by atoms with E-state index in [1.807, 2.05) is 0 Å². The lowest BCUT2D eigenvalue weighted by atomic mass is 9.77. The van der Waals surface area contributed by atoms with Gasteiger partial charge < -0.3 is 14.7 Å². The van der Waals surface area contributed by atoms with Crippen LogP contribution < -0.4 is 0 Å². The number of carboxylic acids is 1. The minimum absolute atomic E-state index is 0.00896. The number of rotatable bonds is 5. The van der Waals surface area contributed by atoms with E-state index in [1.165, 1.54) is 7.11 Å². The van der Waals surface area contributed by atoms with Gasteiger partial charge in [0.25, 0.3) is 5.91 Å². The Balaban J connectivity index is 2.97. The molecule has 1 fully saturated rings. The van der Waals surface area contributed by atoms with Crippen LogP contribution in [0.25, 0.3) is 0 Å². The molecule has 0 aromatic carbocycles. The SMILES string of the molecule is COC(C)(C)C(=O)N(C)C1(CC(=O)O)CCCCC1. The summed E-state index contributed by atoms with van der Waals surface area (Å²) in [7, 11) is 3.20. The fraction of sp³-hybridized carbons (Fsp3) is 0.857. The molecule has 1 aliphatic carbocycles. The van der Waals surface area contributed by atoms with Crippen molar-refractivity contribution >= 4 is 11.9 Å². The van der Waals surface area contributed by atoms with Crippen molar-refractivity contribution in [2.24, 2.45) is 0 Å². The normalized spacial score (nSPS) is 18.9. The number of likely N-dealkylation sites (N-methyl/N-ethyl adjacent to an activating group) is 1. The fourth-order valence-electron chi connectivity index (χ4n) is 2.83. The summed E-state index contributed by atoms with van der Waals surface area (Å²) in [6.45, 7) is 3.42. The molecule has 0 bridgehead atoms. The van der Waals surface area contributed by atoms with Crippen LogP contribution in [0.4, 0.5) is 0 Å². The Morgan fingerprint density at radius 1 is 1.26 bits per heavy atom. The van der Waals surface area contributed by atoms with E-state index in [1.54, 1.807) is 25.8 Å². The number of hydrogen-bond donors (Lipinski definition) is 1. The predicted octanol–water partition coefficient (Wildman–Crippen LogP) is 2.05. The summed E-state index contributed by atoms with van der Waals surface area (Å²) in [4.78, 5) is 25.3. The minimum atomic E-state index is -0.919. The molecule has 0 radical (unpaired) electrons. The molecule has 1 rings (SSSR count). The van der Waals surface area contributed by atoms with E-state index in [0.717, 1.165) is 32.1 Å². The highest BCUT2D eigenvalue weighted by Gasteiger charge is 2.44. The summed E-state index contributed by atoms with van der Waals surface area (Å²) in [6.07, 6.45) is 4.56. The Morgan fingerprint density at radius 2 is 1.79 bits per heavy atom. The van der Waals surface area contributed by atoms with Gasteiger partial charge in [0.05, 0.1) is 12.0 Å². The van der Waals surface area contributed by atoms with Gasteiger partial charge in [0.2, 0.25) is 0 Å². The van der Waals surface area contributed by atoms with Crippen LogP contribution in [-0.4, -0.2) is 47.2 Å². The number of carboxylic acid groups (broad SMARTS) is 1. The van der Waals surface area contributed by atoms with E-state index in [-0.39, 0.29) is 12.3 Å². The van der Waals surface area contributed by atoms with Gasteiger partial charge >= 0.3 is 5.97 Å². The quantitative estimate of drug-likeness (QED) is 0.831. The second kappa shape index (κ2) is 5.90. The number of carbonyl (C=O) groups is 2. The monoisotopic (exact) mass is 271 g/mol. The molecule has 0 spiro atoms. The van der Waals surface area contributed by atoms with E-state index in [2.05, 4.69) is 0 Å². The third-order valence-electron chi connectivity index (χ3n) is 4.31. The summed E-state index contributed by atoms with van der Waals surface area (Å²) < 4.78 is 5.22. The van der Waals surface area contributed by atoms with Gasteiger partial charge in [-0.05, 0) is 26.7 Å². The van der Waals surface area contributed by atoms with Crippen LogP contribution in [0.1, 0.15) is 52.4 Å². The van der Waals surface area contributed by atoms with E-state index in [0.29, 0.717) is 0 Å². The number of methoxy groups -OCH3 is 1. The van der Waals surface area contributed by atoms with Crippen molar-refractivity contribution in [2.45, 2.75) is 63.5 Å². The number of nitrogens with zero attached hydrogens (tertiary/aromatic N) is 1. The summed E-state index contributed by atoms with van der Waals surface area (Å²) in [5.74, 6) is -1.00. The maximum absolute atomic E-state index is 12.5. The van der Waals surface area contributed by atoms with Crippen molar-refractivity contribution in [1.29, 1.82) is 0 Å². The number of amides is 1. The molecule has 0 atom stereocenters. The van der Waals surface area contributed by atoms with Crippen LogP contribution in [0.2, 0.25) is 0 Å². The Kier molecular flexibility index (Phi) is 4.96. The van der Waals surface area contributed by atoms with Crippen LogP contribution in [0.5, 0.6) is 0 Å². The summed E-state index contributed by atoms with van der Waals surface area (Å²) >= 11 is 0. The molecule has 5 heteroatoms. The van der Waals surface area contributed by atoms with Gasteiger partial charge in [-0.1, -0.05) is 19.3 Å². The van der Waals surface area contributed by atoms with E-state index in [9.17, 15) is 9.59 Å². The van der Waals surface area contributed by atoms with Crippen molar-refractivity contribution in [1.82, 2.24) is 4.90 Å². The Labute approximate surface area is 114 Å². The van der Waals surface area contributed by atoms with Gasteiger partial charge in [-0.2, -0.15) is 0 Å². The lowest BCUT2D eigenvalue weighted by Gasteiger charge is -2.46. The smallest absolute Gasteiger partial charge is 0.305 e.